The van der Waals surface area contributed by atoms with E-state index in [9.17, 15) is 14.5 Å². The van der Waals surface area contributed by atoms with Crippen LogP contribution >= 0.6 is 0 Å². The zero-order valence-corrected chi connectivity index (χ0v) is 14.7. The summed E-state index contributed by atoms with van der Waals surface area (Å²) in [6.07, 6.45) is 2.28. The Morgan fingerprint density at radius 3 is 2.54 bits per heavy atom. The van der Waals surface area contributed by atoms with Gasteiger partial charge in [0.1, 0.15) is 17.3 Å². The van der Waals surface area contributed by atoms with Crippen LogP contribution in [0.2, 0.25) is 0 Å². The third-order valence-electron chi connectivity index (χ3n) is 4.72. The molecule has 138 valence electrons. The van der Waals surface area contributed by atoms with Crippen LogP contribution in [0.1, 0.15) is 24.4 Å². The summed E-state index contributed by atoms with van der Waals surface area (Å²) >= 11 is 0. The van der Waals surface area contributed by atoms with Crippen LogP contribution in [0.3, 0.4) is 0 Å². The third-order valence-corrected chi connectivity index (χ3v) is 4.72. The van der Waals surface area contributed by atoms with E-state index in [1.54, 1.807) is 7.11 Å². The zero-order chi connectivity index (χ0) is 18.5. The summed E-state index contributed by atoms with van der Waals surface area (Å²) in [5.41, 5.74) is 1.19. The van der Waals surface area contributed by atoms with Gasteiger partial charge in [-0.05, 0) is 55.8 Å². The molecule has 1 N–H and O–H groups in total. The van der Waals surface area contributed by atoms with Crippen molar-refractivity contribution in [2.24, 2.45) is 0 Å². The van der Waals surface area contributed by atoms with Gasteiger partial charge >= 0.3 is 0 Å². The number of hydrogen-bond donors (Lipinski definition) is 1. The van der Waals surface area contributed by atoms with Crippen molar-refractivity contribution < 1.29 is 14.1 Å². The van der Waals surface area contributed by atoms with Gasteiger partial charge in [-0.3, -0.25) is 15.0 Å². The van der Waals surface area contributed by atoms with E-state index in [1.165, 1.54) is 12.1 Å². The molecule has 3 rings (SSSR count). The molecule has 1 fully saturated rings. The number of nitro groups is 1. The monoisotopic (exact) mass is 359 g/mol. The Morgan fingerprint density at radius 2 is 1.92 bits per heavy atom. The number of rotatable bonds is 7. The van der Waals surface area contributed by atoms with Crippen LogP contribution in [0.15, 0.2) is 42.5 Å². The highest BCUT2D eigenvalue weighted by atomic mass is 19.1. The molecule has 6 nitrogen and oxygen atoms in total. The molecule has 0 radical (unpaired) electrons. The van der Waals surface area contributed by atoms with E-state index in [0.717, 1.165) is 43.3 Å². The van der Waals surface area contributed by atoms with Crippen LogP contribution in [-0.4, -0.2) is 36.6 Å². The van der Waals surface area contributed by atoms with Crippen LogP contribution in [0.4, 0.5) is 15.8 Å². The van der Waals surface area contributed by atoms with Crippen molar-refractivity contribution in [2.75, 3.05) is 32.1 Å². The smallest absolute Gasteiger partial charge is 0.295 e. The summed E-state index contributed by atoms with van der Waals surface area (Å²) in [6, 6.07) is 11.5. The number of benzene rings is 2. The first-order valence-corrected chi connectivity index (χ1v) is 8.64. The minimum Gasteiger partial charge on any atom is -0.497 e. The molecule has 0 aliphatic carbocycles. The van der Waals surface area contributed by atoms with Gasteiger partial charge in [-0.15, -0.1) is 0 Å². The summed E-state index contributed by atoms with van der Waals surface area (Å²) in [7, 11) is 1.63. The average molecular weight is 359 g/mol. The Kier molecular flexibility index (Phi) is 5.68. The molecule has 1 heterocycles. The summed E-state index contributed by atoms with van der Waals surface area (Å²) in [5, 5.41) is 14.3. The largest absolute Gasteiger partial charge is 0.497 e. The summed E-state index contributed by atoms with van der Waals surface area (Å²) in [6.45, 7) is 2.48. The number of nitrogens with zero attached hydrogens (tertiary/aromatic N) is 2. The molecule has 0 bridgehead atoms. The molecule has 0 amide bonds. The molecule has 1 saturated heterocycles. The summed E-state index contributed by atoms with van der Waals surface area (Å²) < 4.78 is 18.6. The molecule has 7 heteroatoms. The van der Waals surface area contributed by atoms with Gasteiger partial charge in [0.15, 0.2) is 0 Å². The first kappa shape index (κ1) is 18.1. The van der Waals surface area contributed by atoms with Gasteiger partial charge in [-0.1, -0.05) is 12.1 Å². The molecule has 1 unspecified atom stereocenters. The highest BCUT2D eigenvalue weighted by Gasteiger charge is 2.24. The van der Waals surface area contributed by atoms with Gasteiger partial charge < -0.3 is 10.1 Å². The lowest BCUT2D eigenvalue weighted by Crippen LogP contribution is -2.31. The fourth-order valence-electron chi connectivity index (χ4n) is 3.35. The molecule has 0 spiro atoms. The highest BCUT2D eigenvalue weighted by molar-refractivity contribution is 5.61. The molecule has 0 saturated carbocycles. The first-order valence-electron chi connectivity index (χ1n) is 8.64. The predicted octanol–water partition coefficient (Wildman–Crippen LogP) is 3.99. The Balaban J connectivity index is 1.81. The molecule has 2 aromatic carbocycles. The van der Waals surface area contributed by atoms with E-state index >= 15 is 0 Å². The Hall–Kier alpha value is -2.67. The van der Waals surface area contributed by atoms with Crippen LogP contribution in [-0.2, 0) is 0 Å². The fourth-order valence-corrected chi connectivity index (χ4v) is 3.35. The quantitative estimate of drug-likeness (QED) is 0.598. The van der Waals surface area contributed by atoms with Gasteiger partial charge in [-0.25, -0.2) is 4.39 Å². The van der Waals surface area contributed by atoms with Crippen LogP contribution in [0.5, 0.6) is 5.75 Å². The second-order valence-corrected chi connectivity index (χ2v) is 6.33. The van der Waals surface area contributed by atoms with E-state index < -0.39 is 10.7 Å². The molecule has 0 aromatic heterocycles. The number of nitrogens with one attached hydrogen (secondary N) is 1. The highest BCUT2D eigenvalue weighted by Crippen LogP contribution is 2.30. The second kappa shape index (κ2) is 8.14. The number of nitro benzene ring substituents is 1. The maximum Gasteiger partial charge on any atom is 0.295 e. The molecular formula is C19H22FN3O3. The van der Waals surface area contributed by atoms with Gasteiger partial charge in [0.25, 0.3) is 5.69 Å². The van der Waals surface area contributed by atoms with E-state index in [4.69, 9.17) is 4.74 Å². The predicted molar refractivity (Wildman–Crippen MR) is 98.1 cm³/mol. The van der Waals surface area contributed by atoms with Crippen molar-refractivity contribution in [3.05, 3.63) is 64.0 Å². The maximum atomic E-state index is 13.3. The van der Waals surface area contributed by atoms with Gasteiger partial charge in [0.2, 0.25) is 0 Å². The van der Waals surface area contributed by atoms with Gasteiger partial charge in [0.05, 0.1) is 24.1 Å². The molecule has 26 heavy (non-hydrogen) atoms. The lowest BCUT2D eigenvalue weighted by Gasteiger charge is -2.28. The lowest BCUT2D eigenvalue weighted by molar-refractivity contribution is -0.384. The number of likely N-dealkylation sites (tertiary alicyclic amines) is 1. The third kappa shape index (κ3) is 4.11. The van der Waals surface area contributed by atoms with Crippen LogP contribution in [0.25, 0.3) is 0 Å². The van der Waals surface area contributed by atoms with Crippen LogP contribution in [0, 0.1) is 15.9 Å². The molecule has 1 aliphatic rings. The number of halogens is 1. The molecule has 2 aromatic rings. The molecular weight excluding hydrogens is 337 g/mol. The Morgan fingerprint density at radius 1 is 1.23 bits per heavy atom. The van der Waals surface area contributed by atoms with Crippen molar-refractivity contribution in [3.63, 3.8) is 0 Å². The standard InChI is InChI=1S/C19H22FN3O3/c1-26-16-7-4-14(5-8-16)19(22-10-2-3-11-22)13-21-17-9-6-15(20)12-18(17)23(24)25/h4-9,12,19,21H,2-3,10-11,13H2,1H3. The lowest BCUT2D eigenvalue weighted by atomic mass is 10.0. The summed E-state index contributed by atoms with van der Waals surface area (Å²) in [5.74, 6) is 0.171. The maximum absolute atomic E-state index is 13.3. The average Bonchev–Trinajstić information content (AvgIpc) is 3.17. The fraction of sp³-hybridized carbons (Fsp3) is 0.368. The van der Waals surface area contributed by atoms with Gasteiger partial charge in [-0.2, -0.15) is 0 Å². The topological polar surface area (TPSA) is 67.6 Å². The van der Waals surface area contributed by atoms with Crippen LogP contribution < -0.4 is 10.1 Å². The van der Waals surface area contributed by atoms with Crippen molar-refractivity contribution in [2.45, 2.75) is 18.9 Å². The SMILES string of the molecule is COc1ccc(C(CNc2ccc(F)cc2[N+](=O)[O-])N2CCCC2)cc1. The minimum atomic E-state index is -0.617. The first-order chi connectivity index (χ1) is 12.6. The number of ether oxygens (including phenoxy) is 1. The van der Waals surface area contributed by atoms with Crippen molar-refractivity contribution in [3.8, 4) is 5.75 Å². The minimum absolute atomic E-state index is 0.0769. The normalized spacial score (nSPS) is 15.6. The summed E-state index contributed by atoms with van der Waals surface area (Å²) in [4.78, 5) is 13.0. The van der Waals surface area contributed by atoms with E-state index in [0.29, 0.717) is 12.2 Å². The molecule has 1 aliphatic heterocycles. The number of methoxy groups -OCH3 is 1. The second-order valence-electron chi connectivity index (χ2n) is 6.33. The molecule has 1 atom stereocenters. The van der Waals surface area contributed by atoms with Crippen molar-refractivity contribution in [1.29, 1.82) is 0 Å². The Labute approximate surface area is 151 Å². The number of hydrogen-bond acceptors (Lipinski definition) is 5. The zero-order valence-electron chi connectivity index (χ0n) is 14.7. The van der Waals surface area contributed by atoms with E-state index in [-0.39, 0.29) is 11.7 Å². The number of anilines is 1. The van der Waals surface area contributed by atoms with Gasteiger partial charge in [0, 0.05) is 6.54 Å². The Bertz CT molecular complexity index is 761. The van der Waals surface area contributed by atoms with E-state index in [2.05, 4.69) is 10.2 Å². The van der Waals surface area contributed by atoms with Crippen molar-refractivity contribution in [1.82, 2.24) is 4.90 Å². The van der Waals surface area contributed by atoms with Crippen molar-refractivity contribution >= 4 is 11.4 Å². The van der Waals surface area contributed by atoms with E-state index in [1.807, 2.05) is 24.3 Å².